The molecular weight excluding hydrogens is 444 g/mol. The maximum Gasteiger partial charge on any atom is 0.262 e. The van der Waals surface area contributed by atoms with Crippen LogP contribution in [0.25, 0.3) is 0 Å². The number of hydrogen-bond donors (Lipinski definition) is 1. The minimum Gasteiger partial charge on any atom is -0.368 e. The molecule has 1 fully saturated rings. The van der Waals surface area contributed by atoms with Crippen LogP contribution in [0.1, 0.15) is 31.1 Å². The first-order chi connectivity index (χ1) is 17.0. The minimum atomic E-state index is -0.548. The molecule has 0 unspecified atom stereocenters. The van der Waals surface area contributed by atoms with E-state index < -0.39 is 24.3 Å². The quantitative estimate of drug-likeness (QED) is 0.582. The van der Waals surface area contributed by atoms with Gasteiger partial charge in [-0.25, -0.2) is 0 Å². The maximum absolute atomic E-state index is 13.3. The van der Waals surface area contributed by atoms with Crippen LogP contribution in [-0.2, 0) is 4.79 Å². The van der Waals surface area contributed by atoms with Crippen molar-refractivity contribution in [1.29, 1.82) is 0 Å². The van der Waals surface area contributed by atoms with Crippen LogP contribution in [0.5, 0.6) is 0 Å². The van der Waals surface area contributed by atoms with Crippen LogP contribution >= 0.6 is 0 Å². The number of imide groups is 1. The van der Waals surface area contributed by atoms with Crippen molar-refractivity contribution in [2.75, 3.05) is 42.9 Å². The van der Waals surface area contributed by atoms with E-state index in [-0.39, 0.29) is 17.0 Å². The van der Waals surface area contributed by atoms with Gasteiger partial charge < -0.3 is 15.1 Å². The highest BCUT2D eigenvalue weighted by Gasteiger charge is 2.36. The molecule has 0 atom stereocenters. The Balaban J connectivity index is 1.24. The van der Waals surface area contributed by atoms with Crippen molar-refractivity contribution >= 4 is 35.0 Å². The Hall–Kier alpha value is -4.46. The molecule has 8 heteroatoms. The predicted octanol–water partition coefficient (Wildman–Crippen LogP) is 2.88. The molecular formula is C27H24N4O4. The van der Waals surface area contributed by atoms with Crippen LogP contribution in [0.15, 0.2) is 78.9 Å². The van der Waals surface area contributed by atoms with Crippen LogP contribution in [-0.4, -0.2) is 66.2 Å². The lowest BCUT2D eigenvalue weighted by atomic mass is 10.1. The van der Waals surface area contributed by atoms with Crippen LogP contribution in [0.3, 0.4) is 0 Å². The number of fused-ring (bicyclic) bond motifs is 1. The number of nitrogens with zero attached hydrogens (tertiary/aromatic N) is 3. The molecule has 0 aromatic heterocycles. The average Bonchev–Trinajstić information content (AvgIpc) is 3.14. The summed E-state index contributed by atoms with van der Waals surface area (Å²) in [6.07, 6.45) is 0. The molecule has 0 radical (unpaired) electrons. The van der Waals surface area contributed by atoms with Crippen molar-refractivity contribution in [2.45, 2.75) is 0 Å². The second-order valence-corrected chi connectivity index (χ2v) is 8.45. The third kappa shape index (κ3) is 4.38. The Labute approximate surface area is 202 Å². The molecule has 35 heavy (non-hydrogen) atoms. The highest BCUT2D eigenvalue weighted by Crippen LogP contribution is 2.23. The predicted molar refractivity (Wildman–Crippen MR) is 131 cm³/mol. The van der Waals surface area contributed by atoms with Crippen molar-refractivity contribution < 1.29 is 19.2 Å². The zero-order valence-electron chi connectivity index (χ0n) is 19.0. The molecule has 0 spiro atoms. The second-order valence-electron chi connectivity index (χ2n) is 8.45. The number of benzene rings is 3. The standard InChI is InChI=1S/C27H24N4O4/c32-24(18-31-26(34)20-10-4-5-11-21(20)27(31)35)28-23-13-7-6-12-22(23)25(33)30-16-14-29(15-17-30)19-8-2-1-3-9-19/h1-13H,14-18H2,(H,28,32). The SMILES string of the molecule is O=C(CN1C(=O)c2ccccc2C1=O)Nc1ccccc1C(=O)N1CCN(c2ccccc2)CC1. The van der Waals surface area contributed by atoms with E-state index in [4.69, 9.17) is 0 Å². The average molecular weight is 469 g/mol. The van der Waals surface area contributed by atoms with Gasteiger partial charge in [0.25, 0.3) is 17.7 Å². The Morgan fingerprint density at radius 2 is 1.29 bits per heavy atom. The molecule has 5 rings (SSSR count). The van der Waals surface area contributed by atoms with Gasteiger partial charge in [0, 0.05) is 31.9 Å². The molecule has 3 aromatic rings. The topological polar surface area (TPSA) is 90.0 Å². The van der Waals surface area contributed by atoms with Crippen molar-refractivity contribution in [2.24, 2.45) is 0 Å². The summed E-state index contributed by atoms with van der Waals surface area (Å²) in [4.78, 5) is 56.1. The Morgan fingerprint density at radius 1 is 0.714 bits per heavy atom. The number of piperazine rings is 1. The fourth-order valence-corrected chi connectivity index (χ4v) is 4.47. The van der Waals surface area contributed by atoms with Gasteiger partial charge in [-0.2, -0.15) is 0 Å². The molecule has 0 saturated carbocycles. The van der Waals surface area contributed by atoms with Gasteiger partial charge in [-0.1, -0.05) is 42.5 Å². The van der Waals surface area contributed by atoms with E-state index in [9.17, 15) is 19.2 Å². The molecule has 2 heterocycles. The normalized spacial score (nSPS) is 15.3. The number of nitrogens with one attached hydrogen (secondary N) is 1. The Kier molecular flexibility index (Phi) is 6.01. The summed E-state index contributed by atoms with van der Waals surface area (Å²) in [6, 6.07) is 23.3. The fourth-order valence-electron chi connectivity index (χ4n) is 4.47. The zero-order chi connectivity index (χ0) is 24.4. The maximum atomic E-state index is 13.3. The number of anilines is 2. The molecule has 176 valence electrons. The van der Waals surface area contributed by atoms with Gasteiger partial charge in [-0.05, 0) is 36.4 Å². The van der Waals surface area contributed by atoms with Crippen LogP contribution in [0.4, 0.5) is 11.4 Å². The highest BCUT2D eigenvalue weighted by atomic mass is 16.2. The largest absolute Gasteiger partial charge is 0.368 e. The van der Waals surface area contributed by atoms with Gasteiger partial charge in [-0.3, -0.25) is 24.1 Å². The van der Waals surface area contributed by atoms with E-state index in [1.54, 1.807) is 53.4 Å². The number of carbonyl (C=O) groups is 4. The van der Waals surface area contributed by atoms with Crippen molar-refractivity contribution in [3.05, 3.63) is 95.6 Å². The number of rotatable bonds is 5. The summed E-state index contributed by atoms with van der Waals surface area (Å²) in [7, 11) is 0. The summed E-state index contributed by atoms with van der Waals surface area (Å²) in [6.45, 7) is 2.12. The van der Waals surface area contributed by atoms with Gasteiger partial charge >= 0.3 is 0 Å². The minimum absolute atomic E-state index is 0.172. The first kappa shape index (κ1) is 22.3. The molecule has 0 bridgehead atoms. The van der Waals surface area contributed by atoms with E-state index in [2.05, 4.69) is 22.3 Å². The molecule has 4 amide bonds. The Morgan fingerprint density at radius 3 is 1.94 bits per heavy atom. The molecule has 0 aliphatic carbocycles. The summed E-state index contributed by atoms with van der Waals surface area (Å²) in [5, 5.41) is 2.72. The van der Waals surface area contributed by atoms with Crippen molar-refractivity contribution in [3.63, 3.8) is 0 Å². The first-order valence-electron chi connectivity index (χ1n) is 11.5. The second kappa shape index (κ2) is 9.42. The lowest BCUT2D eigenvalue weighted by Crippen LogP contribution is -2.49. The van der Waals surface area contributed by atoms with Gasteiger partial charge in [0.2, 0.25) is 5.91 Å². The molecule has 3 aromatic carbocycles. The summed E-state index contributed by atoms with van der Waals surface area (Å²) in [5.41, 5.74) is 2.42. The molecule has 2 aliphatic rings. The van der Waals surface area contributed by atoms with E-state index in [0.29, 0.717) is 37.4 Å². The first-order valence-corrected chi connectivity index (χ1v) is 11.5. The van der Waals surface area contributed by atoms with Crippen LogP contribution in [0.2, 0.25) is 0 Å². The van der Waals surface area contributed by atoms with Crippen molar-refractivity contribution in [3.8, 4) is 0 Å². The van der Waals surface area contributed by atoms with Gasteiger partial charge in [0.1, 0.15) is 6.54 Å². The molecule has 2 aliphatic heterocycles. The van der Waals surface area contributed by atoms with E-state index in [0.717, 1.165) is 10.6 Å². The highest BCUT2D eigenvalue weighted by molar-refractivity contribution is 6.22. The monoisotopic (exact) mass is 468 g/mol. The number of amides is 4. The summed E-state index contributed by atoms with van der Waals surface area (Å²) in [5.74, 6) is -1.72. The zero-order valence-corrected chi connectivity index (χ0v) is 19.0. The molecule has 8 nitrogen and oxygen atoms in total. The van der Waals surface area contributed by atoms with Crippen LogP contribution in [0, 0.1) is 0 Å². The third-order valence-electron chi connectivity index (χ3n) is 6.30. The van der Waals surface area contributed by atoms with Crippen LogP contribution < -0.4 is 10.2 Å². The number of para-hydroxylation sites is 2. The molecule has 1 saturated heterocycles. The van der Waals surface area contributed by atoms with Gasteiger partial charge in [0.15, 0.2) is 0 Å². The van der Waals surface area contributed by atoms with Crippen molar-refractivity contribution in [1.82, 2.24) is 9.80 Å². The van der Waals surface area contributed by atoms with Gasteiger partial charge in [0.05, 0.1) is 22.4 Å². The Bertz CT molecular complexity index is 1260. The number of hydrogen-bond acceptors (Lipinski definition) is 5. The lowest BCUT2D eigenvalue weighted by Gasteiger charge is -2.36. The number of carbonyl (C=O) groups excluding carboxylic acids is 4. The summed E-state index contributed by atoms with van der Waals surface area (Å²) >= 11 is 0. The van der Waals surface area contributed by atoms with E-state index >= 15 is 0 Å². The third-order valence-corrected chi connectivity index (χ3v) is 6.30. The lowest BCUT2D eigenvalue weighted by molar-refractivity contribution is -0.116. The molecule has 1 N–H and O–H groups in total. The fraction of sp³-hybridized carbons (Fsp3) is 0.185. The van der Waals surface area contributed by atoms with Gasteiger partial charge in [-0.15, -0.1) is 0 Å². The van der Waals surface area contributed by atoms with E-state index in [1.807, 2.05) is 18.2 Å². The summed E-state index contributed by atoms with van der Waals surface area (Å²) < 4.78 is 0. The smallest absolute Gasteiger partial charge is 0.262 e. The van der Waals surface area contributed by atoms with E-state index in [1.165, 1.54) is 0 Å².